The molecule has 0 spiro atoms. The second kappa shape index (κ2) is 11.5. The van der Waals surface area contributed by atoms with E-state index in [1.807, 2.05) is 18.2 Å². The van der Waals surface area contributed by atoms with E-state index in [0.717, 1.165) is 37.5 Å². The molecular formula is C18H30IN3O4. The molecule has 3 N–H and O–H groups in total. The number of halogens is 1. The third-order valence-electron chi connectivity index (χ3n) is 4.59. The number of hydrogen-bond donors (Lipinski definition) is 3. The number of aliphatic hydroxyl groups excluding tert-OH is 1. The molecule has 1 saturated heterocycles. The Bertz CT molecular complexity index is 578. The van der Waals surface area contributed by atoms with Crippen LogP contribution in [0.5, 0.6) is 11.5 Å². The second-order valence-electron chi connectivity index (χ2n) is 6.24. The highest BCUT2D eigenvalue weighted by Crippen LogP contribution is 2.31. The van der Waals surface area contributed by atoms with Crippen LogP contribution in [0, 0.1) is 5.41 Å². The lowest BCUT2D eigenvalue weighted by Crippen LogP contribution is -2.44. The van der Waals surface area contributed by atoms with Crippen LogP contribution in [-0.2, 0) is 11.3 Å². The van der Waals surface area contributed by atoms with Crippen LogP contribution in [0.3, 0.4) is 0 Å². The van der Waals surface area contributed by atoms with Gasteiger partial charge in [-0.05, 0) is 30.5 Å². The maximum Gasteiger partial charge on any atom is 0.191 e. The van der Waals surface area contributed by atoms with Crippen LogP contribution in [0.25, 0.3) is 0 Å². The van der Waals surface area contributed by atoms with Crippen molar-refractivity contribution in [2.45, 2.75) is 19.4 Å². The molecule has 1 unspecified atom stereocenters. The van der Waals surface area contributed by atoms with Crippen molar-refractivity contribution in [3.8, 4) is 11.5 Å². The molecule has 0 radical (unpaired) electrons. The van der Waals surface area contributed by atoms with Crippen molar-refractivity contribution in [2.75, 3.05) is 47.6 Å². The Morgan fingerprint density at radius 1 is 1.27 bits per heavy atom. The van der Waals surface area contributed by atoms with E-state index in [1.54, 1.807) is 21.3 Å². The zero-order chi connectivity index (χ0) is 18.1. The SMILES string of the molecule is CN=C(NCc1ccc(OC)c(OC)c1)NCC1(CCO)CCOC1.I. The van der Waals surface area contributed by atoms with Crippen molar-refractivity contribution in [1.29, 1.82) is 0 Å². The van der Waals surface area contributed by atoms with Crippen molar-refractivity contribution in [1.82, 2.24) is 10.6 Å². The average Bonchev–Trinajstić information content (AvgIpc) is 3.10. The van der Waals surface area contributed by atoms with E-state index < -0.39 is 0 Å². The first-order valence-electron chi connectivity index (χ1n) is 8.50. The summed E-state index contributed by atoms with van der Waals surface area (Å²) in [5.41, 5.74) is 1.05. The van der Waals surface area contributed by atoms with Crippen molar-refractivity contribution in [3.63, 3.8) is 0 Å². The summed E-state index contributed by atoms with van der Waals surface area (Å²) in [5.74, 6) is 2.13. The molecule has 0 amide bonds. The van der Waals surface area contributed by atoms with Gasteiger partial charge >= 0.3 is 0 Å². The number of aliphatic hydroxyl groups is 1. The zero-order valence-corrected chi connectivity index (χ0v) is 18.0. The first-order chi connectivity index (χ1) is 12.2. The predicted octanol–water partition coefficient (Wildman–Crippen LogP) is 1.78. The molecule has 2 rings (SSSR count). The third-order valence-corrected chi connectivity index (χ3v) is 4.59. The standard InChI is InChI=1S/C18H29N3O4.HI/c1-19-17(21-12-18(6-8-22)7-9-25-13-18)20-11-14-4-5-15(23-2)16(10-14)24-3;/h4-5,10,22H,6-9,11-13H2,1-3H3,(H2,19,20,21);1H. The number of nitrogens with one attached hydrogen (secondary N) is 2. The van der Waals surface area contributed by atoms with E-state index in [4.69, 9.17) is 14.2 Å². The number of aliphatic imine (C=N–C) groups is 1. The van der Waals surface area contributed by atoms with Gasteiger partial charge in [0.05, 0.1) is 20.8 Å². The molecule has 0 aromatic heterocycles. The number of guanidine groups is 1. The summed E-state index contributed by atoms with van der Waals surface area (Å²) in [5, 5.41) is 16.0. The maximum atomic E-state index is 9.31. The van der Waals surface area contributed by atoms with E-state index >= 15 is 0 Å². The Morgan fingerprint density at radius 3 is 2.62 bits per heavy atom. The molecule has 1 atom stereocenters. The van der Waals surface area contributed by atoms with Crippen LogP contribution in [0.2, 0.25) is 0 Å². The molecule has 1 aliphatic heterocycles. The van der Waals surface area contributed by atoms with E-state index in [9.17, 15) is 5.11 Å². The summed E-state index contributed by atoms with van der Waals surface area (Å²) in [6, 6.07) is 5.81. The lowest BCUT2D eigenvalue weighted by atomic mass is 9.84. The molecule has 0 bridgehead atoms. The average molecular weight is 479 g/mol. The highest BCUT2D eigenvalue weighted by molar-refractivity contribution is 14.0. The normalized spacial score (nSPS) is 19.6. The monoisotopic (exact) mass is 479 g/mol. The van der Waals surface area contributed by atoms with Crippen LogP contribution >= 0.6 is 24.0 Å². The quantitative estimate of drug-likeness (QED) is 0.300. The molecule has 8 heteroatoms. The Morgan fingerprint density at radius 2 is 2.04 bits per heavy atom. The minimum absolute atomic E-state index is 0. The van der Waals surface area contributed by atoms with Gasteiger partial charge in [-0.1, -0.05) is 6.07 Å². The summed E-state index contributed by atoms with van der Waals surface area (Å²) in [6.07, 6.45) is 1.68. The van der Waals surface area contributed by atoms with Gasteiger partial charge < -0.3 is 30.0 Å². The van der Waals surface area contributed by atoms with E-state index in [-0.39, 0.29) is 36.0 Å². The molecule has 0 aliphatic carbocycles. The topological polar surface area (TPSA) is 84.3 Å². The summed E-state index contributed by atoms with van der Waals surface area (Å²) in [6.45, 7) is 2.93. The first kappa shape index (κ1) is 22.8. The number of rotatable bonds is 8. The molecule has 148 valence electrons. The van der Waals surface area contributed by atoms with Crippen molar-refractivity contribution < 1.29 is 19.3 Å². The molecule has 1 aromatic rings. The van der Waals surface area contributed by atoms with Crippen LogP contribution in [-0.4, -0.2) is 58.7 Å². The van der Waals surface area contributed by atoms with Gasteiger partial charge in [0, 0.05) is 38.8 Å². The number of ether oxygens (including phenoxy) is 3. The van der Waals surface area contributed by atoms with Gasteiger partial charge in [0.25, 0.3) is 0 Å². The molecule has 1 aromatic carbocycles. The van der Waals surface area contributed by atoms with Crippen LogP contribution < -0.4 is 20.1 Å². The Balaban J connectivity index is 0.00000338. The lowest BCUT2D eigenvalue weighted by molar-refractivity contribution is 0.127. The fourth-order valence-electron chi connectivity index (χ4n) is 2.98. The summed E-state index contributed by atoms with van der Waals surface area (Å²) >= 11 is 0. The molecular weight excluding hydrogens is 449 g/mol. The maximum absolute atomic E-state index is 9.31. The first-order valence-corrected chi connectivity index (χ1v) is 8.50. The molecule has 26 heavy (non-hydrogen) atoms. The molecule has 1 aliphatic rings. The number of nitrogens with zero attached hydrogens (tertiary/aromatic N) is 1. The van der Waals surface area contributed by atoms with Gasteiger partial charge in [0.15, 0.2) is 17.5 Å². The van der Waals surface area contributed by atoms with Crippen molar-refractivity contribution >= 4 is 29.9 Å². The summed E-state index contributed by atoms with van der Waals surface area (Å²) in [4.78, 5) is 4.27. The van der Waals surface area contributed by atoms with Crippen LogP contribution in [0.4, 0.5) is 0 Å². The van der Waals surface area contributed by atoms with Crippen LogP contribution in [0.1, 0.15) is 18.4 Å². The van der Waals surface area contributed by atoms with Crippen molar-refractivity contribution in [3.05, 3.63) is 23.8 Å². The lowest BCUT2D eigenvalue weighted by Gasteiger charge is -2.27. The highest BCUT2D eigenvalue weighted by Gasteiger charge is 2.34. The van der Waals surface area contributed by atoms with E-state index in [0.29, 0.717) is 24.7 Å². The van der Waals surface area contributed by atoms with Gasteiger partial charge in [-0.2, -0.15) is 0 Å². The predicted molar refractivity (Wildman–Crippen MR) is 113 cm³/mol. The molecule has 1 fully saturated rings. The fourth-order valence-corrected chi connectivity index (χ4v) is 2.98. The molecule has 1 heterocycles. The fraction of sp³-hybridized carbons (Fsp3) is 0.611. The Labute approximate surface area is 172 Å². The highest BCUT2D eigenvalue weighted by atomic mass is 127. The van der Waals surface area contributed by atoms with Gasteiger partial charge in [-0.25, -0.2) is 0 Å². The summed E-state index contributed by atoms with van der Waals surface area (Å²) in [7, 11) is 4.99. The van der Waals surface area contributed by atoms with Gasteiger partial charge in [0.2, 0.25) is 0 Å². The largest absolute Gasteiger partial charge is 0.493 e. The third kappa shape index (κ3) is 6.17. The molecule has 0 saturated carbocycles. The van der Waals surface area contributed by atoms with E-state index in [1.165, 1.54) is 0 Å². The van der Waals surface area contributed by atoms with Crippen LogP contribution in [0.15, 0.2) is 23.2 Å². The Kier molecular flexibility index (Phi) is 10.0. The van der Waals surface area contributed by atoms with E-state index in [2.05, 4.69) is 15.6 Å². The minimum Gasteiger partial charge on any atom is -0.493 e. The van der Waals surface area contributed by atoms with Gasteiger partial charge in [0.1, 0.15) is 0 Å². The Hall–Kier alpha value is -1.26. The van der Waals surface area contributed by atoms with Gasteiger partial charge in [-0.3, -0.25) is 4.99 Å². The second-order valence-corrected chi connectivity index (χ2v) is 6.24. The smallest absolute Gasteiger partial charge is 0.191 e. The van der Waals surface area contributed by atoms with Gasteiger partial charge in [-0.15, -0.1) is 24.0 Å². The number of hydrogen-bond acceptors (Lipinski definition) is 5. The number of benzene rings is 1. The summed E-state index contributed by atoms with van der Waals surface area (Å²) < 4.78 is 16.1. The number of methoxy groups -OCH3 is 2. The minimum atomic E-state index is -0.0182. The molecule has 7 nitrogen and oxygen atoms in total. The zero-order valence-electron chi connectivity index (χ0n) is 15.7. The van der Waals surface area contributed by atoms with Crippen molar-refractivity contribution in [2.24, 2.45) is 10.4 Å².